The zero-order valence-electron chi connectivity index (χ0n) is 15.5. The Kier molecular flexibility index (Phi) is 6.12. The molecule has 0 saturated carbocycles. The third-order valence-corrected chi connectivity index (χ3v) is 5.37. The summed E-state index contributed by atoms with van der Waals surface area (Å²) < 4.78 is 0. The summed E-state index contributed by atoms with van der Waals surface area (Å²) in [6.07, 6.45) is 22.7. The quantitative estimate of drug-likeness (QED) is 0.465. The van der Waals surface area contributed by atoms with Gasteiger partial charge in [0.25, 0.3) is 0 Å². The van der Waals surface area contributed by atoms with Gasteiger partial charge < -0.3 is 0 Å². The van der Waals surface area contributed by atoms with Crippen LogP contribution in [0.5, 0.6) is 0 Å². The highest BCUT2D eigenvalue weighted by Gasteiger charge is 2.12. The van der Waals surface area contributed by atoms with Crippen LogP contribution >= 0.6 is 0 Å². The Labute approximate surface area is 147 Å². The van der Waals surface area contributed by atoms with Crippen LogP contribution < -0.4 is 10.4 Å². The van der Waals surface area contributed by atoms with Gasteiger partial charge in [0.2, 0.25) is 0 Å². The molecule has 2 aliphatic rings. The molecule has 0 nitrogen and oxygen atoms in total. The maximum absolute atomic E-state index is 2.44. The first kappa shape index (κ1) is 17.3. The van der Waals surface area contributed by atoms with E-state index in [1.165, 1.54) is 91.3 Å². The molecule has 0 heterocycles. The van der Waals surface area contributed by atoms with Gasteiger partial charge in [-0.05, 0) is 70.5 Å². The van der Waals surface area contributed by atoms with Crippen molar-refractivity contribution >= 4 is 23.8 Å². The largest absolute Gasteiger partial charge is 0.0654 e. The third kappa shape index (κ3) is 4.09. The van der Waals surface area contributed by atoms with E-state index in [2.05, 4.69) is 50.3 Å². The summed E-state index contributed by atoms with van der Waals surface area (Å²) in [4.78, 5) is 0. The molecule has 0 N–H and O–H groups in total. The summed E-state index contributed by atoms with van der Waals surface area (Å²) in [6.45, 7) is 4.56. The lowest BCUT2D eigenvalue weighted by atomic mass is 9.99. The van der Waals surface area contributed by atoms with E-state index >= 15 is 0 Å². The van der Waals surface area contributed by atoms with E-state index in [0.717, 1.165) is 0 Å². The molecule has 128 valence electrons. The second-order valence-corrected chi connectivity index (χ2v) is 7.41. The molecule has 24 heavy (non-hydrogen) atoms. The zero-order valence-corrected chi connectivity index (χ0v) is 15.5. The van der Waals surface area contributed by atoms with Gasteiger partial charge in [-0.25, -0.2) is 0 Å². The zero-order chi connectivity index (χ0) is 16.8. The highest BCUT2D eigenvalue weighted by molar-refractivity contribution is 5.81. The summed E-state index contributed by atoms with van der Waals surface area (Å²) in [5, 5.41) is 2.87. The van der Waals surface area contributed by atoms with Crippen molar-refractivity contribution in [2.45, 2.75) is 78.1 Å². The minimum absolute atomic E-state index is 1.24. The summed E-state index contributed by atoms with van der Waals surface area (Å²) in [7, 11) is 0. The van der Waals surface area contributed by atoms with Crippen LogP contribution in [0.3, 0.4) is 0 Å². The van der Waals surface area contributed by atoms with Crippen molar-refractivity contribution in [3.8, 4) is 0 Å². The van der Waals surface area contributed by atoms with Gasteiger partial charge >= 0.3 is 0 Å². The van der Waals surface area contributed by atoms with Crippen molar-refractivity contribution in [3.63, 3.8) is 0 Å². The van der Waals surface area contributed by atoms with E-state index in [0.29, 0.717) is 0 Å². The molecule has 1 aromatic carbocycles. The molecule has 0 atom stereocenters. The fraction of sp³-hybridized carbons (Fsp3) is 0.500. The van der Waals surface area contributed by atoms with Crippen molar-refractivity contribution in [2.75, 3.05) is 0 Å². The van der Waals surface area contributed by atoms with Crippen LogP contribution in [-0.2, 0) is 0 Å². The van der Waals surface area contributed by atoms with Crippen molar-refractivity contribution in [1.82, 2.24) is 0 Å². The first-order chi connectivity index (χ1) is 11.8. The average molecular weight is 321 g/mol. The third-order valence-electron chi connectivity index (χ3n) is 5.37. The Bertz CT molecular complexity index is 743. The molecular weight excluding hydrogens is 288 g/mol. The van der Waals surface area contributed by atoms with Crippen molar-refractivity contribution < 1.29 is 0 Å². The van der Waals surface area contributed by atoms with Gasteiger partial charge in [-0.2, -0.15) is 0 Å². The van der Waals surface area contributed by atoms with Gasteiger partial charge in [0.1, 0.15) is 0 Å². The number of rotatable bonds is 10. The molecule has 0 unspecified atom stereocenters. The van der Waals surface area contributed by atoms with Gasteiger partial charge in [0, 0.05) is 0 Å². The monoisotopic (exact) mass is 320 g/mol. The van der Waals surface area contributed by atoms with Crippen LogP contribution in [0.1, 0.15) is 89.2 Å². The predicted molar refractivity (Wildman–Crippen MR) is 108 cm³/mol. The average Bonchev–Trinajstić information content (AvgIpc) is 3.16. The second-order valence-electron chi connectivity index (χ2n) is 7.41. The standard InChI is InChI=1S/C24H32/c1-3-5-7-9-11-19-15-22-17-21-14-13-20(12-10-8-6-4-2)24(21)18-23(22)16-19/h13-18H,3-12H2,1-2H3. The molecule has 0 aromatic heterocycles. The van der Waals surface area contributed by atoms with Gasteiger partial charge in [-0.15, -0.1) is 0 Å². The fourth-order valence-corrected chi connectivity index (χ4v) is 3.90. The van der Waals surface area contributed by atoms with Crippen LogP contribution in [0.2, 0.25) is 0 Å². The van der Waals surface area contributed by atoms with Crippen LogP contribution in [-0.4, -0.2) is 0 Å². The lowest BCUT2D eigenvalue weighted by Crippen LogP contribution is -2.14. The predicted octanol–water partition coefficient (Wildman–Crippen LogP) is 5.98. The number of fused-ring (bicyclic) bond motifs is 2. The Morgan fingerprint density at radius 1 is 0.667 bits per heavy atom. The highest BCUT2D eigenvalue weighted by atomic mass is 14.2. The van der Waals surface area contributed by atoms with Crippen molar-refractivity contribution in [1.29, 1.82) is 0 Å². The first-order valence-corrected chi connectivity index (χ1v) is 10.1. The van der Waals surface area contributed by atoms with Crippen LogP contribution in [0.25, 0.3) is 23.8 Å². The van der Waals surface area contributed by atoms with Crippen LogP contribution in [0.4, 0.5) is 0 Å². The summed E-state index contributed by atoms with van der Waals surface area (Å²) >= 11 is 0. The van der Waals surface area contributed by atoms with Gasteiger partial charge in [-0.1, -0.05) is 76.7 Å². The van der Waals surface area contributed by atoms with E-state index in [9.17, 15) is 0 Å². The van der Waals surface area contributed by atoms with E-state index in [1.807, 2.05) is 0 Å². The minimum Gasteiger partial charge on any atom is -0.0654 e. The van der Waals surface area contributed by atoms with Gasteiger partial charge in [-0.3, -0.25) is 0 Å². The summed E-state index contributed by atoms with van der Waals surface area (Å²) in [6, 6.07) is 4.84. The summed E-state index contributed by atoms with van der Waals surface area (Å²) in [5.41, 5.74) is 5.99. The van der Waals surface area contributed by atoms with E-state index in [1.54, 1.807) is 5.57 Å². The van der Waals surface area contributed by atoms with E-state index in [-0.39, 0.29) is 0 Å². The first-order valence-electron chi connectivity index (χ1n) is 10.1. The molecule has 2 aliphatic carbocycles. The van der Waals surface area contributed by atoms with Crippen LogP contribution in [0, 0.1) is 0 Å². The molecule has 1 aromatic rings. The van der Waals surface area contributed by atoms with Gasteiger partial charge in [0.05, 0.1) is 0 Å². The fourth-order valence-electron chi connectivity index (χ4n) is 3.90. The molecule has 0 heteroatoms. The van der Waals surface area contributed by atoms with Crippen LogP contribution in [0.15, 0.2) is 23.8 Å². The Morgan fingerprint density at radius 2 is 1.42 bits per heavy atom. The maximum atomic E-state index is 2.44. The van der Waals surface area contributed by atoms with E-state index < -0.39 is 0 Å². The molecule has 0 bridgehead atoms. The smallest absolute Gasteiger partial charge is 0.0146 e. The summed E-state index contributed by atoms with van der Waals surface area (Å²) in [5.74, 6) is 0. The topological polar surface area (TPSA) is 0 Å². The molecule has 0 amide bonds. The molecule has 3 rings (SSSR count). The number of unbranched alkanes of at least 4 members (excludes halogenated alkanes) is 6. The number of allylic oxidation sites excluding steroid dienone is 3. The maximum Gasteiger partial charge on any atom is -0.0146 e. The van der Waals surface area contributed by atoms with E-state index in [4.69, 9.17) is 0 Å². The number of hydrogen-bond donors (Lipinski definition) is 0. The molecule has 0 fully saturated rings. The lowest BCUT2D eigenvalue weighted by molar-refractivity contribution is 0.671. The van der Waals surface area contributed by atoms with Gasteiger partial charge in [0.15, 0.2) is 0 Å². The molecule has 0 spiro atoms. The number of benzene rings is 1. The minimum atomic E-state index is 1.24. The highest BCUT2D eigenvalue weighted by Crippen LogP contribution is 2.24. The Hall–Kier alpha value is -1.56. The number of hydrogen-bond acceptors (Lipinski definition) is 0. The Morgan fingerprint density at radius 3 is 2.17 bits per heavy atom. The molecular formula is C24H32. The molecule has 0 saturated heterocycles. The second kappa shape index (κ2) is 8.51. The Balaban J connectivity index is 1.65. The van der Waals surface area contributed by atoms with Crippen molar-refractivity contribution in [2.24, 2.45) is 0 Å². The van der Waals surface area contributed by atoms with Crippen molar-refractivity contribution in [3.05, 3.63) is 45.3 Å². The lowest BCUT2D eigenvalue weighted by Gasteiger charge is -2.06. The normalized spacial score (nSPS) is 14.6. The molecule has 0 aliphatic heterocycles. The molecule has 0 radical (unpaired) electrons. The SMILES string of the molecule is CCCCCCC1=Cc2cc3c(cc2=C1)C(CCCCCC)=CC=3.